The molecule has 5 heteroatoms. The van der Waals surface area contributed by atoms with Crippen LogP contribution in [0.15, 0.2) is 12.1 Å². The van der Waals surface area contributed by atoms with E-state index in [-0.39, 0.29) is 0 Å². The third-order valence-corrected chi connectivity index (χ3v) is 8.19. The lowest BCUT2D eigenvalue weighted by Gasteiger charge is -2.58. The van der Waals surface area contributed by atoms with Gasteiger partial charge in [0.15, 0.2) is 11.5 Å². The van der Waals surface area contributed by atoms with Crippen LogP contribution in [0.2, 0.25) is 0 Å². The maximum atomic E-state index is 5.64. The molecule has 0 amide bonds. The molecular formula is C24H36N2O3. The molecule has 1 heterocycles. The highest BCUT2D eigenvalue weighted by molar-refractivity contribution is 5.50. The molecule has 0 spiro atoms. The van der Waals surface area contributed by atoms with Crippen LogP contribution in [-0.4, -0.2) is 63.4 Å². The van der Waals surface area contributed by atoms with Crippen LogP contribution in [0.3, 0.4) is 0 Å². The number of nitrogens with zero attached hydrogens (tertiary/aromatic N) is 2. The zero-order chi connectivity index (χ0) is 20.0. The van der Waals surface area contributed by atoms with E-state index in [9.17, 15) is 0 Å². The van der Waals surface area contributed by atoms with Crippen LogP contribution >= 0.6 is 0 Å². The summed E-state index contributed by atoms with van der Waals surface area (Å²) < 4.78 is 16.6. The minimum atomic E-state index is 0.722. The molecule has 0 radical (unpaired) electrons. The van der Waals surface area contributed by atoms with Gasteiger partial charge in [-0.3, -0.25) is 9.80 Å². The maximum Gasteiger partial charge on any atom is 0.164 e. The molecule has 29 heavy (non-hydrogen) atoms. The van der Waals surface area contributed by atoms with Crippen LogP contribution in [0, 0.1) is 23.7 Å². The Bertz CT molecular complexity index is 701. The van der Waals surface area contributed by atoms with Gasteiger partial charge in [0.2, 0.25) is 0 Å². The van der Waals surface area contributed by atoms with Crippen molar-refractivity contribution < 1.29 is 14.2 Å². The average molecular weight is 401 g/mol. The second-order valence-electron chi connectivity index (χ2n) is 9.75. The van der Waals surface area contributed by atoms with E-state index >= 15 is 0 Å². The van der Waals surface area contributed by atoms with Gasteiger partial charge in [0, 0.05) is 50.4 Å². The van der Waals surface area contributed by atoms with Crippen LogP contribution < -0.4 is 14.2 Å². The first-order valence-corrected chi connectivity index (χ1v) is 11.4. The normalized spacial score (nSPS) is 34.4. The highest BCUT2D eigenvalue weighted by Gasteiger charge is 2.50. The maximum absolute atomic E-state index is 5.64. The standard InChI is InChI=1S/C24H36N2O3/c1-27-21-14-23(29-3)22(28-2)13-20(21)15-25-4-6-26(7-5-25)24-18-9-16-8-17(11-18)12-19(24)10-16/h13-14,16-19,24H,4-12,15H2,1-3H3. The molecule has 1 saturated heterocycles. The summed E-state index contributed by atoms with van der Waals surface area (Å²) in [5.74, 6) is 6.48. The lowest BCUT2D eigenvalue weighted by Crippen LogP contribution is -2.60. The van der Waals surface area contributed by atoms with Crippen molar-refractivity contribution in [3.8, 4) is 17.2 Å². The summed E-state index contributed by atoms with van der Waals surface area (Å²) in [5, 5.41) is 0. The third kappa shape index (κ3) is 3.61. The van der Waals surface area contributed by atoms with E-state index in [1.54, 1.807) is 27.8 Å². The molecule has 0 N–H and O–H groups in total. The van der Waals surface area contributed by atoms with Gasteiger partial charge in [0.05, 0.1) is 21.3 Å². The summed E-state index contributed by atoms with van der Waals surface area (Å²) in [6, 6.07) is 4.89. The molecule has 4 bridgehead atoms. The van der Waals surface area contributed by atoms with Gasteiger partial charge in [-0.05, 0) is 61.8 Å². The SMILES string of the molecule is COc1cc(OC)c(OC)cc1CN1CCN(C2C3CC4CC(C3)CC2C4)CC1. The van der Waals surface area contributed by atoms with Gasteiger partial charge in [-0.15, -0.1) is 0 Å². The summed E-state index contributed by atoms with van der Waals surface area (Å²) in [4.78, 5) is 5.42. The van der Waals surface area contributed by atoms with Crippen molar-refractivity contribution in [2.24, 2.45) is 23.7 Å². The average Bonchev–Trinajstić information content (AvgIpc) is 2.73. The molecule has 6 rings (SSSR count). The molecule has 0 atom stereocenters. The monoisotopic (exact) mass is 400 g/mol. The van der Waals surface area contributed by atoms with Crippen molar-refractivity contribution >= 4 is 0 Å². The zero-order valence-electron chi connectivity index (χ0n) is 18.2. The Balaban J connectivity index is 1.23. The minimum absolute atomic E-state index is 0.722. The Kier molecular flexibility index (Phi) is 5.37. The molecule has 1 aromatic rings. The molecule has 5 fully saturated rings. The molecule has 1 aliphatic heterocycles. The Morgan fingerprint density at radius 3 is 1.83 bits per heavy atom. The van der Waals surface area contributed by atoms with E-state index in [1.165, 1.54) is 44.3 Å². The topological polar surface area (TPSA) is 34.2 Å². The van der Waals surface area contributed by atoms with Crippen LogP contribution in [0.25, 0.3) is 0 Å². The molecule has 160 valence electrons. The quantitative estimate of drug-likeness (QED) is 0.728. The number of hydrogen-bond acceptors (Lipinski definition) is 5. The lowest BCUT2D eigenvalue weighted by molar-refractivity contribution is -0.0769. The minimum Gasteiger partial charge on any atom is -0.496 e. The first-order chi connectivity index (χ1) is 14.2. The Morgan fingerprint density at radius 1 is 0.724 bits per heavy atom. The molecule has 5 aliphatic rings. The van der Waals surface area contributed by atoms with Gasteiger partial charge in [-0.2, -0.15) is 0 Å². The molecule has 5 nitrogen and oxygen atoms in total. The van der Waals surface area contributed by atoms with Gasteiger partial charge < -0.3 is 14.2 Å². The van der Waals surface area contributed by atoms with Crippen LogP contribution in [-0.2, 0) is 6.54 Å². The Morgan fingerprint density at radius 2 is 1.28 bits per heavy atom. The third-order valence-electron chi connectivity index (χ3n) is 8.19. The van der Waals surface area contributed by atoms with Crippen LogP contribution in [0.5, 0.6) is 17.2 Å². The largest absolute Gasteiger partial charge is 0.496 e. The van der Waals surface area contributed by atoms with Crippen molar-refractivity contribution in [1.82, 2.24) is 9.80 Å². The Labute approximate surface area is 175 Å². The number of methoxy groups -OCH3 is 3. The first-order valence-electron chi connectivity index (χ1n) is 11.4. The predicted molar refractivity (Wildman–Crippen MR) is 114 cm³/mol. The summed E-state index contributed by atoms with van der Waals surface area (Å²) in [6.07, 6.45) is 7.60. The Hall–Kier alpha value is -1.46. The number of hydrogen-bond donors (Lipinski definition) is 0. The lowest BCUT2D eigenvalue weighted by atomic mass is 9.54. The molecule has 4 saturated carbocycles. The van der Waals surface area contributed by atoms with Gasteiger partial charge in [-0.25, -0.2) is 0 Å². The van der Waals surface area contributed by atoms with E-state index in [1.807, 2.05) is 6.07 Å². The summed E-state index contributed by atoms with van der Waals surface area (Å²) in [7, 11) is 5.09. The smallest absolute Gasteiger partial charge is 0.164 e. The van der Waals surface area contributed by atoms with Gasteiger partial charge in [-0.1, -0.05) is 0 Å². The number of piperazine rings is 1. The fourth-order valence-corrected chi connectivity index (χ4v) is 7.17. The van der Waals surface area contributed by atoms with Gasteiger partial charge >= 0.3 is 0 Å². The summed E-state index contributed by atoms with van der Waals surface area (Å²) in [5.41, 5.74) is 1.17. The van der Waals surface area contributed by atoms with Crippen molar-refractivity contribution in [3.63, 3.8) is 0 Å². The van der Waals surface area contributed by atoms with Crippen LogP contribution in [0.1, 0.15) is 37.7 Å². The number of benzene rings is 1. The molecule has 0 unspecified atom stereocenters. The van der Waals surface area contributed by atoms with E-state index in [2.05, 4.69) is 15.9 Å². The summed E-state index contributed by atoms with van der Waals surface area (Å²) >= 11 is 0. The van der Waals surface area contributed by atoms with E-state index in [0.29, 0.717) is 0 Å². The fourth-order valence-electron chi connectivity index (χ4n) is 7.17. The van der Waals surface area contributed by atoms with Crippen molar-refractivity contribution in [2.75, 3.05) is 47.5 Å². The number of rotatable bonds is 6. The first kappa shape index (κ1) is 19.5. The highest BCUT2D eigenvalue weighted by Crippen LogP contribution is 2.55. The molecule has 0 aromatic heterocycles. The zero-order valence-corrected chi connectivity index (χ0v) is 18.2. The van der Waals surface area contributed by atoms with Crippen molar-refractivity contribution in [2.45, 2.75) is 44.7 Å². The van der Waals surface area contributed by atoms with Crippen molar-refractivity contribution in [1.29, 1.82) is 0 Å². The van der Waals surface area contributed by atoms with Gasteiger partial charge in [0.25, 0.3) is 0 Å². The van der Waals surface area contributed by atoms with Gasteiger partial charge in [0.1, 0.15) is 5.75 Å². The molecule has 1 aromatic carbocycles. The second-order valence-corrected chi connectivity index (χ2v) is 9.75. The van der Waals surface area contributed by atoms with E-state index < -0.39 is 0 Å². The van der Waals surface area contributed by atoms with E-state index in [0.717, 1.165) is 66.6 Å². The number of ether oxygens (including phenoxy) is 3. The summed E-state index contributed by atoms with van der Waals surface area (Å²) in [6.45, 7) is 5.60. The highest BCUT2D eigenvalue weighted by atomic mass is 16.5. The molecular weight excluding hydrogens is 364 g/mol. The second kappa shape index (κ2) is 7.99. The van der Waals surface area contributed by atoms with E-state index in [4.69, 9.17) is 14.2 Å². The predicted octanol–water partition coefficient (Wildman–Crippen LogP) is 3.65. The van der Waals surface area contributed by atoms with Crippen molar-refractivity contribution in [3.05, 3.63) is 17.7 Å². The van der Waals surface area contributed by atoms with Crippen LogP contribution in [0.4, 0.5) is 0 Å². The fraction of sp³-hybridized carbons (Fsp3) is 0.750. The molecule has 4 aliphatic carbocycles.